The van der Waals surface area contributed by atoms with Crippen molar-refractivity contribution in [2.75, 3.05) is 20.6 Å². The van der Waals surface area contributed by atoms with Gasteiger partial charge in [-0.1, -0.05) is 101 Å². The Hall–Kier alpha value is 0.559. The van der Waals surface area contributed by atoms with Crippen molar-refractivity contribution in [3.05, 3.63) is 35.9 Å². The standard InChI is InChI=1S/C23H42N.3C4H9.2ClH.Sn/c1-4-5-6-7-8-9-10-11-12-13-14-18-21-24(2,3)22-23-19-16-15-17-20-23;3*1-3-4-2;;;/h15-17,19-20H,4-14,18,21-22H2,1-3H3;3*1,3-4H2,2H3;2*1H;/q+1;;;;;;+1/p-2. The molecule has 0 heterocycles. The molecule has 0 aliphatic rings. The molecule has 0 bridgehead atoms. The van der Waals surface area contributed by atoms with Gasteiger partial charge in [0.05, 0.1) is 20.6 Å². The summed E-state index contributed by atoms with van der Waals surface area (Å²) in [4.78, 5) is 0. The number of unbranched alkanes of at least 4 members (excludes halogenated alkanes) is 14. The number of hydrogen-bond donors (Lipinski definition) is 0. The van der Waals surface area contributed by atoms with Crippen LogP contribution in [0.2, 0.25) is 13.3 Å². The van der Waals surface area contributed by atoms with E-state index in [1.165, 1.54) is 128 Å². The van der Waals surface area contributed by atoms with E-state index in [1.807, 2.05) is 0 Å². The second-order valence-electron chi connectivity index (χ2n) is 13.1. The molecule has 1 aromatic rings. The number of hydrogen-bond acceptors (Lipinski definition) is 0. The first-order chi connectivity index (χ1) is 18.6. The zero-order valence-electron chi connectivity index (χ0n) is 27.4. The molecule has 0 saturated heterocycles. The van der Waals surface area contributed by atoms with Crippen LogP contribution in [0, 0.1) is 0 Å². The molecule has 4 heteroatoms. The first-order valence-electron chi connectivity index (χ1n) is 17.1. The fourth-order valence-electron chi connectivity index (χ4n) is 5.59. The molecule has 0 amide bonds. The molecule has 0 spiro atoms. The predicted octanol–water partition coefficient (Wildman–Crippen LogP) is 13.2. The van der Waals surface area contributed by atoms with E-state index in [0.717, 1.165) is 24.3 Å². The van der Waals surface area contributed by atoms with Crippen LogP contribution in [-0.4, -0.2) is 39.9 Å². The summed E-state index contributed by atoms with van der Waals surface area (Å²) < 4.78 is 4.57. The van der Waals surface area contributed by atoms with Gasteiger partial charge in [0.1, 0.15) is 6.54 Å². The molecule has 0 saturated carbocycles. The molecule has 0 aromatic heterocycles. The Morgan fingerprint density at radius 2 is 0.872 bits per heavy atom. The van der Waals surface area contributed by atoms with Crippen molar-refractivity contribution in [3.8, 4) is 0 Å². The minimum absolute atomic E-state index is 1.11. The van der Waals surface area contributed by atoms with Crippen LogP contribution in [0.3, 0.4) is 0 Å². The van der Waals surface area contributed by atoms with Gasteiger partial charge in [0.15, 0.2) is 0 Å². The fourth-order valence-corrected chi connectivity index (χ4v) is 22.7. The van der Waals surface area contributed by atoms with Crippen molar-refractivity contribution in [2.45, 2.75) is 163 Å². The summed E-state index contributed by atoms with van der Waals surface area (Å²) in [6.45, 7) is 11.4. The third kappa shape index (κ3) is 23.8. The van der Waals surface area contributed by atoms with Crippen LogP contribution in [0.1, 0.15) is 149 Å². The average Bonchev–Trinajstić information content (AvgIpc) is 2.91. The topological polar surface area (TPSA) is 0 Å². The second kappa shape index (κ2) is 24.0. The van der Waals surface area contributed by atoms with Crippen LogP contribution in [0.5, 0.6) is 0 Å². The van der Waals surface area contributed by atoms with Gasteiger partial charge in [-0.15, -0.1) is 0 Å². The van der Waals surface area contributed by atoms with E-state index >= 15 is 0 Å². The molecule has 0 aliphatic heterocycles. The summed E-state index contributed by atoms with van der Waals surface area (Å²) in [5.74, 6) is 0. The summed E-state index contributed by atoms with van der Waals surface area (Å²) in [6, 6.07) is 10.9. The van der Waals surface area contributed by atoms with E-state index in [1.54, 1.807) is 0 Å². The predicted molar refractivity (Wildman–Crippen MR) is 185 cm³/mol. The van der Waals surface area contributed by atoms with Crippen LogP contribution in [0.15, 0.2) is 30.3 Å². The molecule has 1 nitrogen and oxygen atoms in total. The monoisotopic (exact) mass is 693 g/mol. The van der Waals surface area contributed by atoms with E-state index in [9.17, 15) is 0 Å². The van der Waals surface area contributed by atoms with Crippen LogP contribution in [0.4, 0.5) is 0 Å². The average molecular weight is 694 g/mol. The number of quaternary nitrogens is 1. The van der Waals surface area contributed by atoms with Gasteiger partial charge >= 0.3 is 105 Å². The Bertz CT molecular complexity index is 633. The fraction of sp³-hybridized carbons (Fsp3) is 0.829. The Morgan fingerprint density at radius 1 is 0.513 bits per heavy atom. The summed E-state index contributed by atoms with van der Waals surface area (Å²) in [5, 5.41) is 0. The van der Waals surface area contributed by atoms with Crippen molar-refractivity contribution in [2.24, 2.45) is 0 Å². The van der Waals surface area contributed by atoms with Crippen molar-refractivity contribution in [3.63, 3.8) is 0 Å². The Morgan fingerprint density at radius 3 is 1.26 bits per heavy atom. The van der Waals surface area contributed by atoms with Gasteiger partial charge in [0, 0.05) is 5.56 Å². The molecule has 39 heavy (non-hydrogen) atoms. The molecular formula is C35H69Cl2NSn. The van der Waals surface area contributed by atoms with E-state index in [2.05, 4.69) is 72.1 Å². The Labute approximate surface area is 255 Å². The quantitative estimate of drug-likeness (QED) is 0.0574. The van der Waals surface area contributed by atoms with Crippen molar-refractivity contribution >= 4 is 32.6 Å². The number of rotatable bonds is 24. The zero-order chi connectivity index (χ0) is 29.3. The third-order valence-electron chi connectivity index (χ3n) is 8.29. The van der Waals surface area contributed by atoms with Crippen molar-refractivity contribution in [1.82, 2.24) is 0 Å². The number of halogens is 2. The van der Waals surface area contributed by atoms with Gasteiger partial charge in [-0.2, -0.15) is 0 Å². The van der Waals surface area contributed by atoms with E-state index in [-0.39, 0.29) is 0 Å². The van der Waals surface area contributed by atoms with Gasteiger partial charge < -0.3 is 4.48 Å². The third-order valence-corrected chi connectivity index (χ3v) is 28.2. The maximum absolute atomic E-state index is 6.91. The van der Waals surface area contributed by atoms with E-state index < -0.39 is 14.7 Å². The van der Waals surface area contributed by atoms with Crippen molar-refractivity contribution in [1.29, 1.82) is 0 Å². The Balaban J connectivity index is 0.000000830. The van der Waals surface area contributed by atoms with E-state index in [4.69, 9.17) is 17.8 Å². The van der Waals surface area contributed by atoms with Crippen molar-refractivity contribution < 1.29 is 4.48 Å². The van der Waals surface area contributed by atoms with Crippen LogP contribution in [0.25, 0.3) is 0 Å². The van der Waals surface area contributed by atoms with Crippen LogP contribution >= 0.6 is 17.8 Å². The SMILES string of the molecule is CCCCCCCCCCCCCC[N+](C)(C)Cc1ccccc1.CCC[CH2][Sn-]([Cl])([Cl])([CH2]CCC)[CH2]CCC. The zero-order valence-corrected chi connectivity index (χ0v) is 31.7. The summed E-state index contributed by atoms with van der Waals surface area (Å²) >= 11 is -3.25. The molecule has 0 unspecified atom stereocenters. The summed E-state index contributed by atoms with van der Waals surface area (Å²) in [6.07, 6.45) is 24.6. The minimum atomic E-state index is -3.25. The molecule has 232 valence electrons. The summed E-state index contributed by atoms with van der Waals surface area (Å²) in [7, 11) is 18.5. The van der Waals surface area contributed by atoms with Gasteiger partial charge in [0.2, 0.25) is 0 Å². The first-order valence-corrected chi connectivity index (χ1v) is 30.3. The van der Waals surface area contributed by atoms with Gasteiger partial charge in [-0.25, -0.2) is 0 Å². The van der Waals surface area contributed by atoms with Gasteiger partial charge in [-0.05, 0) is 12.8 Å². The first kappa shape index (κ1) is 39.6. The number of nitrogens with zero attached hydrogens (tertiary/aromatic N) is 1. The maximum atomic E-state index is 6.91. The number of benzene rings is 1. The molecule has 0 N–H and O–H groups in total. The normalized spacial score (nSPS) is 13.0. The van der Waals surface area contributed by atoms with Gasteiger partial charge in [-0.3, -0.25) is 0 Å². The molecule has 1 rings (SSSR count). The molecule has 0 aliphatic carbocycles. The summed E-state index contributed by atoms with van der Waals surface area (Å²) in [5.41, 5.74) is 1.46. The van der Waals surface area contributed by atoms with Gasteiger partial charge in [0.25, 0.3) is 0 Å². The van der Waals surface area contributed by atoms with Crippen LogP contribution in [-0.2, 0) is 6.54 Å². The molecule has 0 radical (unpaired) electrons. The molecule has 0 atom stereocenters. The molecule has 0 fully saturated rings. The molecule has 1 aromatic carbocycles. The molecular weight excluding hydrogens is 624 g/mol. The second-order valence-corrected chi connectivity index (χ2v) is 41.3. The van der Waals surface area contributed by atoms with E-state index in [0.29, 0.717) is 0 Å². The Kier molecular flexibility index (Phi) is 24.4. The van der Waals surface area contributed by atoms with Crippen LogP contribution < -0.4 is 0 Å².